The van der Waals surface area contributed by atoms with Crippen LogP contribution in [0.25, 0.3) is 0 Å². The standard InChI is InChI=1S/C23H21FN6O4S/c1-23(2)17(18-26-28-29-27-18)30-20(32)16(21(30)35-23)25-19(31)15(12-8-4-3-5-9-12)22(33)34-14-11-7-6-10-13(14)24/h3-11,15-17,21H,1-2H3,(H,25,31)(H,26,27,28,29). The highest BCUT2D eigenvalue weighted by Crippen LogP contribution is 2.56. The first kappa shape index (κ1) is 23.0. The second-order valence-electron chi connectivity index (χ2n) is 8.73. The maximum absolute atomic E-state index is 14.1. The zero-order chi connectivity index (χ0) is 24.7. The topological polar surface area (TPSA) is 130 Å². The number of hydrogen-bond donors (Lipinski definition) is 2. The molecule has 12 heteroatoms. The van der Waals surface area contributed by atoms with Gasteiger partial charge in [0.05, 0.1) is 0 Å². The third-order valence-electron chi connectivity index (χ3n) is 6.04. The summed E-state index contributed by atoms with van der Waals surface area (Å²) in [4.78, 5) is 41.1. The van der Waals surface area contributed by atoms with Gasteiger partial charge >= 0.3 is 5.97 Å². The van der Waals surface area contributed by atoms with Gasteiger partial charge in [0.25, 0.3) is 0 Å². The quantitative estimate of drug-likeness (QED) is 0.229. The van der Waals surface area contributed by atoms with Crippen LogP contribution in [0.15, 0.2) is 54.6 Å². The molecule has 2 N–H and O–H groups in total. The highest BCUT2D eigenvalue weighted by atomic mass is 32.2. The third-order valence-corrected chi connectivity index (χ3v) is 7.61. The zero-order valence-corrected chi connectivity index (χ0v) is 19.5. The molecule has 10 nitrogen and oxygen atoms in total. The second-order valence-corrected chi connectivity index (χ2v) is 10.5. The van der Waals surface area contributed by atoms with E-state index in [0.717, 1.165) is 6.07 Å². The van der Waals surface area contributed by atoms with E-state index in [-0.39, 0.29) is 17.0 Å². The van der Waals surface area contributed by atoms with Crippen LogP contribution in [0.3, 0.4) is 0 Å². The van der Waals surface area contributed by atoms with Gasteiger partial charge in [-0.2, -0.15) is 0 Å². The van der Waals surface area contributed by atoms with Crippen molar-refractivity contribution < 1.29 is 23.5 Å². The summed E-state index contributed by atoms with van der Waals surface area (Å²) >= 11 is 1.51. The van der Waals surface area contributed by atoms with E-state index in [4.69, 9.17) is 4.74 Å². The van der Waals surface area contributed by atoms with E-state index in [1.54, 1.807) is 35.2 Å². The molecular weight excluding hydrogens is 475 g/mol. The molecule has 0 saturated carbocycles. The Hall–Kier alpha value is -3.80. The van der Waals surface area contributed by atoms with Crippen molar-refractivity contribution in [3.8, 4) is 5.75 Å². The molecule has 0 aliphatic carbocycles. The van der Waals surface area contributed by atoms with Gasteiger partial charge in [-0.25, -0.2) is 9.49 Å². The van der Waals surface area contributed by atoms with Crippen molar-refractivity contribution in [1.29, 1.82) is 0 Å². The number of H-pyrrole nitrogens is 1. The Morgan fingerprint density at radius 3 is 2.57 bits per heavy atom. The number of tetrazole rings is 1. The minimum absolute atomic E-state index is 0.284. The molecule has 1 aromatic heterocycles. The summed E-state index contributed by atoms with van der Waals surface area (Å²) in [5, 5.41) is 16.3. The third kappa shape index (κ3) is 4.03. The van der Waals surface area contributed by atoms with E-state index in [0.29, 0.717) is 11.4 Å². The number of amides is 2. The second kappa shape index (κ2) is 8.77. The van der Waals surface area contributed by atoms with Gasteiger partial charge in [-0.15, -0.1) is 16.9 Å². The lowest BCUT2D eigenvalue weighted by Crippen LogP contribution is -2.68. The number of para-hydroxylation sites is 1. The molecule has 4 atom stereocenters. The first-order chi connectivity index (χ1) is 16.8. The van der Waals surface area contributed by atoms with E-state index in [1.807, 2.05) is 13.8 Å². The van der Waals surface area contributed by atoms with Gasteiger partial charge in [0.15, 0.2) is 23.3 Å². The Labute approximate surface area is 203 Å². The summed E-state index contributed by atoms with van der Waals surface area (Å²) in [5.74, 6) is -3.92. The smallest absolute Gasteiger partial charge is 0.328 e. The van der Waals surface area contributed by atoms with Crippen molar-refractivity contribution in [3.05, 3.63) is 71.8 Å². The van der Waals surface area contributed by atoms with E-state index >= 15 is 0 Å². The van der Waals surface area contributed by atoms with E-state index in [2.05, 4.69) is 25.9 Å². The van der Waals surface area contributed by atoms with Crippen LogP contribution in [0.1, 0.15) is 37.2 Å². The van der Waals surface area contributed by atoms with E-state index in [9.17, 15) is 18.8 Å². The molecule has 2 fully saturated rings. The minimum atomic E-state index is -1.40. The number of hydrogen-bond acceptors (Lipinski definition) is 8. The van der Waals surface area contributed by atoms with Crippen LogP contribution < -0.4 is 10.1 Å². The van der Waals surface area contributed by atoms with E-state index in [1.165, 1.54) is 30.0 Å². The summed E-state index contributed by atoms with van der Waals surface area (Å²) in [6.07, 6.45) is 0. The number of β-lactam (4-membered cyclic amide) rings is 1. The lowest BCUT2D eigenvalue weighted by atomic mass is 9.94. The number of esters is 1. The Balaban J connectivity index is 1.37. The van der Waals surface area contributed by atoms with Gasteiger partial charge in [-0.05, 0) is 42.0 Å². The van der Waals surface area contributed by atoms with Crippen molar-refractivity contribution in [2.75, 3.05) is 0 Å². The number of nitrogens with zero attached hydrogens (tertiary/aromatic N) is 4. The predicted molar refractivity (Wildman–Crippen MR) is 122 cm³/mol. The molecule has 3 heterocycles. The van der Waals surface area contributed by atoms with Crippen LogP contribution in [-0.4, -0.2) is 59.5 Å². The number of carbonyl (C=O) groups is 3. The van der Waals surface area contributed by atoms with Gasteiger partial charge in [-0.1, -0.05) is 42.5 Å². The van der Waals surface area contributed by atoms with Gasteiger partial charge in [0, 0.05) is 4.75 Å². The predicted octanol–water partition coefficient (Wildman–Crippen LogP) is 1.95. The van der Waals surface area contributed by atoms with Crippen molar-refractivity contribution in [2.45, 2.75) is 42.0 Å². The molecule has 0 radical (unpaired) electrons. The molecule has 5 rings (SSSR count). The van der Waals surface area contributed by atoms with Gasteiger partial charge in [-0.3, -0.25) is 14.4 Å². The van der Waals surface area contributed by atoms with Crippen LogP contribution in [0.2, 0.25) is 0 Å². The molecule has 2 saturated heterocycles. The lowest BCUT2D eigenvalue weighted by molar-refractivity contribution is -0.153. The minimum Gasteiger partial charge on any atom is -0.423 e. The number of carbonyl (C=O) groups excluding carboxylic acids is 3. The van der Waals surface area contributed by atoms with Crippen molar-refractivity contribution in [3.63, 3.8) is 0 Å². The Bertz CT molecular complexity index is 1270. The van der Waals surface area contributed by atoms with Crippen LogP contribution >= 0.6 is 11.8 Å². The average Bonchev–Trinajstić information content (AvgIpc) is 3.44. The first-order valence-corrected chi connectivity index (χ1v) is 11.7. The van der Waals surface area contributed by atoms with Crippen LogP contribution in [0.5, 0.6) is 5.75 Å². The number of fused-ring (bicyclic) bond motifs is 1. The fourth-order valence-corrected chi connectivity index (χ4v) is 6.08. The Morgan fingerprint density at radius 2 is 1.89 bits per heavy atom. The molecule has 2 aromatic carbocycles. The van der Waals surface area contributed by atoms with Gasteiger partial charge in [0.2, 0.25) is 11.8 Å². The summed E-state index contributed by atoms with van der Waals surface area (Å²) < 4.78 is 18.9. The number of aromatic amines is 1. The molecule has 2 amide bonds. The summed E-state index contributed by atoms with van der Waals surface area (Å²) in [5.41, 5.74) is 0.361. The summed E-state index contributed by atoms with van der Waals surface area (Å²) in [7, 11) is 0. The number of nitrogens with one attached hydrogen (secondary N) is 2. The Kier molecular flexibility index (Phi) is 5.75. The number of aromatic nitrogens is 4. The number of halogens is 1. The number of thioether (sulfide) groups is 1. The van der Waals surface area contributed by atoms with Crippen LogP contribution in [-0.2, 0) is 14.4 Å². The molecule has 3 aromatic rings. The zero-order valence-electron chi connectivity index (χ0n) is 18.7. The van der Waals surface area contributed by atoms with Crippen LogP contribution in [0, 0.1) is 5.82 Å². The molecule has 2 aliphatic rings. The number of rotatable bonds is 6. The number of benzene rings is 2. The molecule has 35 heavy (non-hydrogen) atoms. The highest BCUT2D eigenvalue weighted by Gasteiger charge is 2.63. The van der Waals surface area contributed by atoms with Crippen molar-refractivity contribution in [2.24, 2.45) is 0 Å². The fourth-order valence-electron chi connectivity index (χ4n) is 4.44. The monoisotopic (exact) mass is 496 g/mol. The maximum Gasteiger partial charge on any atom is 0.328 e. The summed E-state index contributed by atoms with van der Waals surface area (Å²) in [6, 6.07) is 12.5. The van der Waals surface area contributed by atoms with Gasteiger partial charge < -0.3 is 15.0 Å². The average molecular weight is 497 g/mol. The molecule has 180 valence electrons. The summed E-state index contributed by atoms with van der Waals surface area (Å²) in [6.45, 7) is 3.93. The largest absolute Gasteiger partial charge is 0.423 e. The van der Waals surface area contributed by atoms with Crippen LogP contribution in [0.4, 0.5) is 4.39 Å². The molecule has 0 bridgehead atoms. The Morgan fingerprint density at radius 1 is 1.17 bits per heavy atom. The first-order valence-electron chi connectivity index (χ1n) is 10.8. The maximum atomic E-state index is 14.1. The molecule has 4 unspecified atom stereocenters. The van der Waals surface area contributed by atoms with Crippen molar-refractivity contribution in [1.82, 2.24) is 30.8 Å². The SMILES string of the molecule is CC1(C)SC2C(NC(=O)C(C(=O)Oc3ccccc3F)c3ccccc3)C(=O)N2C1c1nnn[nH]1. The normalized spacial score (nSPS) is 23.2. The highest BCUT2D eigenvalue weighted by molar-refractivity contribution is 8.01. The lowest BCUT2D eigenvalue weighted by Gasteiger charge is -2.44. The van der Waals surface area contributed by atoms with Crippen molar-refractivity contribution >= 4 is 29.5 Å². The van der Waals surface area contributed by atoms with Gasteiger partial charge in [0.1, 0.15) is 17.5 Å². The molecule has 2 aliphatic heterocycles. The number of ether oxygens (including phenoxy) is 1. The molecular formula is C23H21FN6O4S. The fraction of sp³-hybridized carbons (Fsp3) is 0.304. The molecule has 0 spiro atoms. The van der Waals surface area contributed by atoms with E-state index < -0.39 is 40.4 Å².